The number of carbonyl (C=O) groups is 1. The molecule has 4 rings (SSSR count). The van der Waals surface area contributed by atoms with Gasteiger partial charge in [0.05, 0.1) is 30.5 Å². The molecule has 28 heavy (non-hydrogen) atoms. The number of hydrogen-bond donors (Lipinski definition) is 1. The van der Waals surface area contributed by atoms with E-state index < -0.39 is 5.63 Å². The molecule has 0 bridgehead atoms. The Balaban J connectivity index is 1.69. The standard InChI is InChI=1S/C22H20N2O4/c1-12-11-27-20-14(3)21-17(8-16(12)20)13(2)18(22(26)28-21)9-19(25)24-10-15-6-4-5-7-23-15/h4-8,11H,9-10H2,1-3H3,(H,24,25). The van der Waals surface area contributed by atoms with E-state index in [1.54, 1.807) is 12.5 Å². The number of nitrogens with one attached hydrogen (secondary N) is 1. The molecular formula is C22H20N2O4. The molecule has 1 aromatic carbocycles. The van der Waals surface area contributed by atoms with Crippen LogP contribution in [0.2, 0.25) is 0 Å². The van der Waals surface area contributed by atoms with Crippen LogP contribution in [0.5, 0.6) is 0 Å². The summed E-state index contributed by atoms with van der Waals surface area (Å²) in [7, 11) is 0. The maximum absolute atomic E-state index is 12.6. The summed E-state index contributed by atoms with van der Waals surface area (Å²) in [5.41, 5.74) is 4.40. The SMILES string of the molecule is Cc1coc2c(C)c3oc(=O)c(CC(=O)NCc4ccccn4)c(C)c3cc12. The molecular weight excluding hydrogens is 356 g/mol. The van der Waals surface area contributed by atoms with Crippen molar-refractivity contribution >= 4 is 27.8 Å². The minimum Gasteiger partial charge on any atom is -0.464 e. The first kappa shape index (κ1) is 18.0. The van der Waals surface area contributed by atoms with Gasteiger partial charge in [-0.1, -0.05) is 6.07 Å². The second-order valence-corrected chi connectivity index (χ2v) is 6.94. The van der Waals surface area contributed by atoms with E-state index in [1.165, 1.54) is 0 Å². The maximum atomic E-state index is 12.6. The highest BCUT2D eigenvalue weighted by Crippen LogP contribution is 2.32. The van der Waals surface area contributed by atoms with Crippen molar-refractivity contribution < 1.29 is 13.6 Å². The normalized spacial score (nSPS) is 11.2. The van der Waals surface area contributed by atoms with Gasteiger partial charge in [-0.05, 0) is 50.1 Å². The third-order valence-electron chi connectivity index (χ3n) is 5.07. The van der Waals surface area contributed by atoms with Crippen LogP contribution in [-0.4, -0.2) is 10.9 Å². The fourth-order valence-electron chi connectivity index (χ4n) is 3.44. The molecule has 3 heterocycles. The fourth-order valence-corrected chi connectivity index (χ4v) is 3.44. The van der Waals surface area contributed by atoms with Crippen molar-refractivity contribution in [1.82, 2.24) is 10.3 Å². The molecule has 142 valence electrons. The number of aryl methyl sites for hydroxylation is 3. The van der Waals surface area contributed by atoms with Crippen molar-refractivity contribution in [2.24, 2.45) is 0 Å². The molecule has 0 spiro atoms. The Hall–Kier alpha value is -3.41. The zero-order chi connectivity index (χ0) is 19.8. The maximum Gasteiger partial charge on any atom is 0.340 e. The lowest BCUT2D eigenvalue weighted by atomic mass is 9.99. The van der Waals surface area contributed by atoms with Gasteiger partial charge >= 0.3 is 5.63 Å². The lowest BCUT2D eigenvalue weighted by molar-refractivity contribution is -0.120. The number of furan rings is 1. The lowest BCUT2D eigenvalue weighted by Crippen LogP contribution is -2.27. The molecule has 0 fully saturated rings. The smallest absolute Gasteiger partial charge is 0.340 e. The summed E-state index contributed by atoms with van der Waals surface area (Å²) in [6.07, 6.45) is 3.32. The number of aromatic nitrogens is 1. The van der Waals surface area contributed by atoms with E-state index in [9.17, 15) is 9.59 Å². The van der Waals surface area contributed by atoms with Gasteiger partial charge < -0.3 is 14.2 Å². The van der Waals surface area contributed by atoms with Crippen molar-refractivity contribution in [2.75, 3.05) is 0 Å². The molecule has 1 N–H and O–H groups in total. The monoisotopic (exact) mass is 376 g/mol. The van der Waals surface area contributed by atoms with Crippen LogP contribution < -0.4 is 10.9 Å². The van der Waals surface area contributed by atoms with Gasteiger partial charge in [-0.2, -0.15) is 0 Å². The second-order valence-electron chi connectivity index (χ2n) is 6.94. The third-order valence-corrected chi connectivity index (χ3v) is 5.07. The van der Waals surface area contributed by atoms with Crippen LogP contribution in [0.4, 0.5) is 0 Å². The van der Waals surface area contributed by atoms with Gasteiger partial charge in [-0.25, -0.2) is 4.79 Å². The summed E-state index contributed by atoms with van der Waals surface area (Å²) in [5, 5.41) is 4.60. The number of carbonyl (C=O) groups excluding carboxylic acids is 1. The third kappa shape index (κ3) is 3.07. The van der Waals surface area contributed by atoms with Crippen molar-refractivity contribution in [3.63, 3.8) is 0 Å². The predicted molar refractivity (Wildman–Crippen MR) is 106 cm³/mol. The lowest BCUT2D eigenvalue weighted by Gasteiger charge is -2.10. The molecule has 6 heteroatoms. The zero-order valence-electron chi connectivity index (χ0n) is 16.0. The Bertz CT molecular complexity index is 1250. The highest BCUT2D eigenvalue weighted by Gasteiger charge is 2.19. The molecule has 1 amide bonds. The van der Waals surface area contributed by atoms with Crippen LogP contribution in [0.3, 0.4) is 0 Å². The molecule has 0 saturated heterocycles. The summed E-state index contributed by atoms with van der Waals surface area (Å²) in [6, 6.07) is 7.47. The molecule has 0 unspecified atom stereocenters. The molecule has 3 aromatic heterocycles. The van der Waals surface area contributed by atoms with Crippen molar-refractivity contribution in [2.45, 2.75) is 33.7 Å². The number of benzene rings is 1. The van der Waals surface area contributed by atoms with E-state index in [0.717, 1.165) is 33.2 Å². The fraction of sp³-hybridized carbons (Fsp3) is 0.227. The molecule has 6 nitrogen and oxygen atoms in total. The van der Waals surface area contributed by atoms with E-state index in [-0.39, 0.29) is 12.3 Å². The Morgan fingerprint density at radius 2 is 1.93 bits per heavy atom. The van der Waals surface area contributed by atoms with E-state index in [1.807, 2.05) is 45.0 Å². The molecule has 0 aliphatic rings. The predicted octanol–water partition coefficient (Wildman–Crippen LogP) is 3.72. The summed E-state index contributed by atoms with van der Waals surface area (Å²) < 4.78 is 11.2. The Labute approximate surface area is 161 Å². The van der Waals surface area contributed by atoms with Gasteiger partial charge in [0.1, 0.15) is 11.2 Å². The number of nitrogens with zero attached hydrogens (tertiary/aromatic N) is 1. The molecule has 0 aliphatic heterocycles. The average molecular weight is 376 g/mol. The summed E-state index contributed by atoms with van der Waals surface area (Å²) in [5.74, 6) is -0.252. The topological polar surface area (TPSA) is 85.3 Å². The van der Waals surface area contributed by atoms with Crippen LogP contribution >= 0.6 is 0 Å². The molecule has 0 saturated carbocycles. The number of amides is 1. The minimum atomic E-state index is -0.497. The van der Waals surface area contributed by atoms with Gasteiger partial charge in [-0.15, -0.1) is 0 Å². The first-order valence-electron chi connectivity index (χ1n) is 9.06. The Morgan fingerprint density at radius 3 is 2.68 bits per heavy atom. The van der Waals surface area contributed by atoms with Crippen LogP contribution in [0.1, 0.15) is 27.9 Å². The highest BCUT2D eigenvalue weighted by molar-refractivity contribution is 6.00. The number of fused-ring (bicyclic) bond motifs is 2. The first-order chi connectivity index (χ1) is 13.5. The van der Waals surface area contributed by atoms with E-state index in [2.05, 4.69) is 10.3 Å². The molecule has 0 aliphatic carbocycles. The van der Waals surface area contributed by atoms with Crippen LogP contribution in [0, 0.1) is 20.8 Å². The average Bonchev–Trinajstić information content (AvgIpc) is 3.07. The van der Waals surface area contributed by atoms with E-state index in [0.29, 0.717) is 23.3 Å². The number of hydrogen-bond acceptors (Lipinski definition) is 5. The van der Waals surface area contributed by atoms with Crippen LogP contribution in [0.15, 0.2) is 50.4 Å². The Kier molecular flexibility index (Phi) is 4.47. The number of rotatable bonds is 4. The van der Waals surface area contributed by atoms with Gasteiger partial charge in [-0.3, -0.25) is 9.78 Å². The minimum absolute atomic E-state index is 0.0433. The van der Waals surface area contributed by atoms with Crippen LogP contribution in [-0.2, 0) is 17.8 Å². The zero-order valence-corrected chi connectivity index (χ0v) is 16.0. The molecule has 0 radical (unpaired) electrons. The molecule has 4 aromatic rings. The molecule has 0 atom stereocenters. The van der Waals surface area contributed by atoms with Gasteiger partial charge in [0.15, 0.2) is 0 Å². The first-order valence-corrected chi connectivity index (χ1v) is 9.06. The highest BCUT2D eigenvalue weighted by atomic mass is 16.4. The quantitative estimate of drug-likeness (QED) is 0.549. The summed E-state index contributed by atoms with van der Waals surface area (Å²) in [6.45, 7) is 6.00. The summed E-state index contributed by atoms with van der Waals surface area (Å²) >= 11 is 0. The van der Waals surface area contributed by atoms with Crippen molar-refractivity contribution in [3.05, 3.63) is 75.1 Å². The van der Waals surface area contributed by atoms with E-state index >= 15 is 0 Å². The second kappa shape index (κ2) is 6.96. The van der Waals surface area contributed by atoms with Gasteiger partial charge in [0.25, 0.3) is 0 Å². The largest absolute Gasteiger partial charge is 0.464 e. The van der Waals surface area contributed by atoms with Crippen molar-refractivity contribution in [1.29, 1.82) is 0 Å². The van der Waals surface area contributed by atoms with Crippen molar-refractivity contribution in [3.8, 4) is 0 Å². The van der Waals surface area contributed by atoms with Crippen LogP contribution in [0.25, 0.3) is 21.9 Å². The summed E-state index contributed by atoms with van der Waals surface area (Å²) in [4.78, 5) is 29.1. The number of pyridine rings is 1. The van der Waals surface area contributed by atoms with Gasteiger partial charge in [0.2, 0.25) is 5.91 Å². The van der Waals surface area contributed by atoms with E-state index in [4.69, 9.17) is 8.83 Å². The Morgan fingerprint density at radius 1 is 1.11 bits per heavy atom. The van der Waals surface area contributed by atoms with Gasteiger partial charge in [0, 0.05) is 22.5 Å².